The lowest BCUT2D eigenvalue weighted by atomic mass is 9.98. The lowest BCUT2D eigenvalue weighted by Gasteiger charge is -2.44. The van der Waals surface area contributed by atoms with Crippen molar-refractivity contribution in [3.63, 3.8) is 0 Å². The molecule has 1 amide bonds. The zero-order valence-electron chi connectivity index (χ0n) is 20.6. The van der Waals surface area contributed by atoms with Crippen molar-refractivity contribution in [1.29, 1.82) is 0 Å². The highest BCUT2D eigenvalue weighted by molar-refractivity contribution is 6.07. The van der Waals surface area contributed by atoms with Gasteiger partial charge in [-0.25, -0.2) is 8.78 Å². The summed E-state index contributed by atoms with van der Waals surface area (Å²) >= 11 is 0. The van der Waals surface area contributed by atoms with Crippen molar-refractivity contribution in [2.75, 3.05) is 43.4 Å². The fourth-order valence-corrected chi connectivity index (χ4v) is 4.78. The Morgan fingerprint density at radius 3 is 2.41 bits per heavy atom. The second-order valence-electron chi connectivity index (χ2n) is 9.48. The number of hydrogen-bond donors (Lipinski definition) is 3. The first-order valence-corrected chi connectivity index (χ1v) is 11.9. The molecule has 0 bridgehead atoms. The number of aromatic nitrogens is 1. The van der Waals surface area contributed by atoms with E-state index in [4.69, 9.17) is 0 Å². The SMILES string of the molecule is C[C@@H]1CN(c2cc(F)c(C3=CCCNC3)c(F)c2NC(=O)c2c[nH]c(=O)cc2C(F)(F)F)C[C@H](C)N1C. The average molecular weight is 526 g/mol. The van der Waals surface area contributed by atoms with Crippen LogP contribution in [0.2, 0.25) is 0 Å². The lowest BCUT2D eigenvalue weighted by molar-refractivity contribution is -0.138. The monoisotopic (exact) mass is 525 g/mol. The van der Waals surface area contributed by atoms with Crippen LogP contribution in [0.25, 0.3) is 5.57 Å². The van der Waals surface area contributed by atoms with Gasteiger partial charge in [0, 0.05) is 50.0 Å². The van der Waals surface area contributed by atoms with Gasteiger partial charge in [-0.3, -0.25) is 14.5 Å². The molecule has 1 aromatic heterocycles. The van der Waals surface area contributed by atoms with Crippen molar-refractivity contribution >= 4 is 22.9 Å². The number of piperazine rings is 1. The number of aromatic amines is 1. The van der Waals surface area contributed by atoms with E-state index in [9.17, 15) is 22.8 Å². The van der Waals surface area contributed by atoms with Crippen LogP contribution in [-0.2, 0) is 6.18 Å². The summed E-state index contributed by atoms with van der Waals surface area (Å²) in [6, 6.07) is 1.38. The topological polar surface area (TPSA) is 80.5 Å². The highest BCUT2D eigenvalue weighted by Gasteiger charge is 2.37. The molecule has 1 aromatic carbocycles. The highest BCUT2D eigenvalue weighted by atomic mass is 19.4. The van der Waals surface area contributed by atoms with E-state index in [1.54, 1.807) is 11.0 Å². The normalized spacial score (nSPS) is 21.1. The third kappa shape index (κ3) is 5.40. The summed E-state index contributed by atoms with van der Waals surface area (Å²) in [5.41, 5.74) is -3.78. The molecule has 1 saturated heterocycles. The van der Waals surface area contributed by atoms with Crippen molar-refractivity contribution in [3.8, 4) is 0 Å². The fraction of sp³-hybridized carbons (Fsp3) is 0.440. The molecule has 0 unspecified atom stereocenters. The smallest absolute Gasteiger partial charge is 0.367 e. The molecule has 2 aliphatic rings. The molecule has 0 aliphatic carbocycles. The Bertz CT molecular complexity index is 1280. The summed E-state index contributed by atoms with van der Waals surface area (Å²) in [5, 5.41) is 5.30. The van der Waals surface area contributed by atoms with Gasteiger partial charge < -0.3 is 20.5 Å². The van der Waals surface area contributed by atoms with Gasteiger partial charge >= 0.3 is 6.18 Å². The number of rotatable bonds is 4. The number of pyridine rings is 1. The van der Waals surface area contributed by atoms with Crippen molar-refractivity contribution in [1.82, 2.24) is 15.2 Å². The van der Waals surface area contributed by atoms with Gasteiger partial charge in [0.2, 0.25) is 5.56 Å². The lowest BCUT2D eigenvalue weighted by Crippen LogP contribution is -2.55. The van der Waals surface area contributed by atoms with Crippen LogP contribution in [-0.4, -0.2) is 61.1 Å². The molecule has 2 aliphatic heterocycles. The van der Waals surface area contributed by atoms with Gasteiger partial charge in [-0.05, 0) is 39.4 Å². The zero-order valence-corrected chi connectivity index (χ0v) is 20.6. The minimum atomic E-state index is -5.00. The van der Waals surface area contributed by atoms with Crippen LogP contribution >= 0.6 is 0 Å². The zero-order chi connectivity index (χ0) is 27.1. The van der Waals surface area contributed by atoms with Crippen LogP contribution in [0.5, 0.6) is 0 Å². The first-order chi connectivity index (χ1) is 17.4. The van der Waals surface area contributed by atoms with Crippen LogP contribution < -0.4 is 21.1 Å². The maximum atomic E-state index is 16.0. The number of carbonyl (C=O) groups excluding carboxylic acids is 1. The predicted molar refractivity (Wildman–Crippen MR) is 131 cm³/mol. The number of hydrogen-bond acceptors (Lipinski definition) is 5. The molecular weight excluding hydrogens is 497 g/mol. The Labute approximate surface area is 210 Å². The number of likely N-dealkylation sites (N-methyl/N-ethyl adjacent to an activating group) is 1. The summed E-state index contributed by atoms with van der Waals surface area (Å²) in [6.45, 7) is 5.46. The van der Waals surface area contributed by atoms with Crippen molar-refractivity contribution in [2.24, 2.45) is 0 Å². The second kappa shape index (κ2) is 10.3. The molecule has 37 heavy (non-hydrogen) atoms. The van der Waals surface area contributed by atoms with Crippen LogP contribution in [0.1, 0.15) is 41.8 Å². The third-order valence-corrected chi connectivity index (χ3v) is 6.96. The molecule has 3 N–H and O–H groups in total. The van der Waals surface area contributed by atoms with Crippen molar-refractivity contribution < 1.29 is 26.7 Å². The second-order valence-corrected chi connectivity index (χ2v) is 9.48. The van der Waals surface area contributed by atoms with E-state index < -0.39 is 46.1 Å². The standard InChI is InChI=1S/C25H28F5N5O2/c1-13-11-35(12-14(2)34(13)3)19-8-18(26)21(15-5-4-6-31-9-15)22(27)23(19)33-24(37)16-10-32-20(36)7-17(16)25(28,29)30/h5,7-8,10,13-14,31H,4,6,9,11-12H2,1-3H3,(H,32,36)(H,33,37)/t13-,14+. The highest BCUT2D eigenvalue weighted by Crippen LogP contribution is 2.39. The molecule has 1 fully saturated rings. The quantitative estimate of drug-likeness (QED) is 0.529. The summed E-state index contributed by atoms with van der Waals surface area (Å²) < 4.78 is 72.1. The first kappa shape index (κ1) is 26.8. The number of benzene rings is 1. The Morgan fingerprint density at radius 2 is 1.81 bits per heavy atom. The van der Waals surface area contributed by atoms with Gasteiger partial charge in [-0.15, -0.1) is 0 Å². The minimum absolute atomic E-state index is 0.000570. The number of nitrogens with one attached hydrogen (secondary N) is 3. The number of carbonyl (C=O) groups is 1. The van der Waals surface area contributed by atoms with Crippen molar-refractivity contribution in [3.05, 3.63) is 63.1 Å². The van der Waals surface area contributed by atoms with E-state index in [0.29, 0.717) is 37.8 Å². The molecule has 0 radical (unpaired) electrons. The molecule has 0 spiro atoms. The van der Waals surface area contributed by atoms with Gasteiger partial charge in [0.1, 0.15) is 11.5 Å². The summed E-state index contributed by atoms with van der Waals surface area (Å²) in [4.78, 5) is 30.5. The maximum absolute atomic E-state index is 16.0. The number of anilines is 2. The predicted octanol–water partition coefficient (Wildman–Crippen LogP) is 3.83. The molecular formula is C25H28F5N5O2. The molecule has 200 valence electrons. The molecule has 3 heterocycles. The minimum Gasteiger partial charge on any atom is -0.367 e. The number of alkyl halides is 3. The molecule has 2 aromatic rings. The van der Waals surface area contributed by atoms with E-state index in [1.807, 2.05) is 20.9 Å². The summed E-state index contributed by atoms with van der Waals surface area (Å²) in [5.74, 6) is -3.19. The summed E-state index contributed by atoms with van der Waals surface area (Å²) in [7, 11) is 1.93. The summed E-state index contributed by atoms with van der Waals surface area (Å²) in [6.07, 6.45) is -2.14. The molecule has 12 heteroatoms. The molecule has 0 saturated carbocycles. The number of nitrogens with zero attached hydrogens (tertiary/aromatic N) is 2. The number of H-pyrrole nitrogens is 1. The molecule has 4 rings (SSSR count). The largest absolute Gasteiger partial charge is 0.417 e. The van der Waals surface area contributed by atoms with E-state index in [1.165, 1.54) is 0 Å². The van der Waals surface area contributed by atoms with E-state index >= 15 is 8.78 Å². The van der Waals surface area contributed by atoms with E-state index in [-0.39, 0.29) is 35.9 Å². The number of halogens is 5. The van der Waals surface area contributed by atoms with Crippen LogP contribution in [0, 0.1) is 11.6 Å². The number of amides is 1. The maximum Gasteiger partial charge on any atom is 0.417 e. The van der Waals surface area contributed by atoms with Crippen LogP contribution in [0.3, 0.4) is 0 Å². The third-order valence-electron chi connectivity index (χ3n) is 6.96. The fourth-order valence-electron chi connectivity index (χ4n) is 4.78. The average Bonchev–Trinajstić information content (AvgIpc) is 2.83. The van der Waals surface area contributed by atoms with Gasteiger partial charge in [0.25, 0.3) is 5.91 Å². The molecule has 2 atom stereocenters. The van der Waals surface area contributed by atoms with E-state index in [0.717, 1.165) is 6.07 Å². The van der Waals surface area contributed by atoms with Crippen molar-refractivity contribution in [2.45, 2.75) is 38.5 Å². The van der Waals surface area contributed by atoms with Gasteiger partial charge in [-0.2, -0.15) is 13.2 Å². The van der Waals surface area contributed by atoms with Gasteiger partial charge in [-0.1, -0.05) is 6.08 Å². The first-order valence-electron chi connectivity index (χ1n) is 11.9. The Morgan fingerprint density at radius 1 is 1.14 bits per heavy atom. The Kier molecular flexibility index (Phi) is 7.43. The molecule has 7 nitrogen and oxygen atoms in total. The van der Waals surface area contributed by atoms with Gasteiger partial charge in [0.05, 0.1) is 22.4 Å². The Balaban J connectivity index is 1.84. The van der Waals surface area contributed by atoms with Crippen LogP contribution in [0.4, 0.5) is 33.3 Å². The van der Waals surface area contributed by atoms with Crippen LogP contribution in [0.15, 0.2) is 29.2 Å². The Hall–Kier alpha value is -3.25. The van der Waals surface area contributed by atoms with E-state index in [2.05, 4.69) is 20.5 Å². The van der Waals surface area contributed by atoms with Gasteiger partial charge in [0.15, 0.2) is 5.82 Å².